The van der Waals surface area contributed by atoms with E-state index in [0.717, 1.165) is 25.2 Å². The molecule has 36 heavy (non-hydrogen) atoms. The summed E-state index contributed by atoms with van der Waals surface area (Å²) in [6.45, 7) is 5.09. The maximum Gasteiger partial charge on any atom is 0.416 e. The third-order valence-corrected chi connectivity index (χ3v) is 7.23. The monoisotopic (exact) mass is 506 g/mol. The Kier molecular flexibility index (Phi) is 6.94. The van der Waals surface area contributed by atoms with Crippen molar-refractivity contribution in [1.82, 2.24) is 15.1 Å². The molecule has 1 aromatic heterocycles. The molecule has 2 fully saturated rings. The van der Waals surface area contributed by atoms with E-state index in [-0.39, 0.29) is 36.6 Å². The van der Waals surface area contributed by atoms with Gasteiger partial charge in [0.05, 0.1) is 37.0 Å². The Hall–Kier alpha value is -3.05. The third-order valence-electron chi connectivity index (χ3n) is 7.23. The summed E-state index contributed by atoms with van der Waals surface area (Å²) in [7, 11) is 0. The first-order chi connectivity index (χ1) is 17.3. The van der Waals surface area contributed by atoms with Crippen molar-refractivity contribution in [3.05, 3.63) is 53.5 Å². The minimum absolute atomic E-state index is 0.173. The third kappa shape index (κ3) is 5.08. The van der Waals surface area contributed by atoms with Crippen LogP contribution in [0.3, 0.4) is 0 Å². The zero-order valence-electron chi connectivity index (χ0n) is 19.8. The minimum Gasteiger partial charge on any atom is -0.459 e. The number of rotatable bonds is 5. The molecule has 5 rings (SSSR count). The number of fused-ring (bicyclic) bond motifs is 3. The number of morpholine rings is 1. The summed E-state index contributed by atoms with van der Waals surface area (Å²) < 4.78 is 50.8. The fraction of sp³-hybridized carbons (Fsp3) is 0.520. The molecule has 2 amide bonds. The largest absolute Gasteiger partial charge is 0.459 e. The first-order valence-electron chi connectivity index (χ1n) is 12.2. The van der Waals surface area contributed by atoms with E-state index >= 15 is 0 Å². The highest BCUT2D eigenvalue weighted by atomic mass is 19.4. The van der Waals surface area contributed by atoms with Crippen LogP contribution in [0.25, 0.3) is 0 Å². The predicted molar refractivity (Wildman–Crippen MR) is 125 cm³/mol. The number of carbonyl (C=O) groups excluding carboxylic acids is 2. The number of piperazine rings is 1. The summed E-state index contributed by atoms with van der Waals surface area (Å²) >= 11 is 0. The lowest BCUT2D eigenvalue weighted by Gasteiger charge is -2.49. The van der Waals surface area contributed by atoms with Crippen LogP contribution in [0.1, 0.15) is 21.7 Å². The van der Waals surface area contributed by atoms with Gasteiger partial charge in [0.2, 0.25) is 5.91 Å². The summed E-state index contributed by atoms with van der Waals surface area (Å²) in [5.41, 5.74) is 0.466. The SMILES string of the molecule is O=C(NCCN1CCOCC1)[C@@H]1Cc2cc(C(F)(F)F)ccc2N2CCN(C(=O)c3ccco3)C[C@@H]12. The molecule has 0 aliphatic carbocycles. The number of amides is 2. The van der Waals surface area contributed by atoms with E-state index in [4.69, 9.17) is 9.15 Å². The predicted octanol–water partition coefficient (Wildman–Crippen LogP) is 2.25. The van der Waals surface area contributed by atoms with Gasteiger partial charge in [-0.05, 0) is 42.3 Å². The molecule has 1 N–H and O–H groups in total. The normalized spacial score (nSPS) is 22.6. The number of hydrogen-bond acceptors (Lipinski definition) is 6. The Morgan fingerprint density at radius 1 is 1.08 bits per heavy atom. The average molecular weight is 507 g/mol. The highest BCUT2D eigenvalue weighted by Gasteiger charge is 2.43. The molecular formula is C25H29F3N4O4. The molecule has 3 aliphatic heterocycles. The van der Waals surface area contributed by atoms with Crippen molar-refractivity contribution in [3.8, 4) is 0 Å². The molecule has 2 aromatic rings. The first-order valence-corrected chi connectivity index (χ1v) is 12.2. The number of benzene rings is 1. The van der Waals surface area contributed by atoms with Gasteiger partial charge in [0, 0.05) is 51.5 Å². The zero-order chi connectivity index (χ0) is 25.3. The lowest BCUT2D eigenvalue weighted by Crippen LogP contribution is -2.62. The molecule has 2 atom stereocenters. The second-order valence-electron chi connectivity index (χ2n) is 9.39. The number of carbonyl (C=O) groups is 2. The van der Waals surface area contributed by atoms with Gasteiger partial charge in [-0.15, -0.1) is 0 Å². The molecular weight excluding hydrogens is 477 g/mol. The second-order valence-corrected chi connectivity index (χ2v) is 9.39. The quantitative estimate of drug-likeness (QED) is 0.671. The van der Waals surface area contributed by atoms with Crippen LogP contribution in [0.15, 0.2) is 41.0 Å². The summed E-state index contributed by atoms with van der Waals surface area (Å²) in [6, 6.07) is 6.61. The van der Waals surface area contributed by atoms with E-state index < -0.39 is 17.7 Å². The molecule has 8 nitrogen and oxygen atoms in total. The number of halogens is 3. The molecule has 0 radical (unpaired) electrons. The van der Waals surface area contributed by atoms with Gasteiger partial charge in [0.15, 0.2) is 5.76 Å². The van der Waals surface area contributed by atoms with E-state index in [1.807, 2.05) is 4.90 Å². The van der Waals surface area contributed by atoms with Crippen LogP contribution < -0.4 is 10.2 Å². The topological polar surface area (TPSA) is 78.3 Å². The van der Waals surface area contributed by atoms with Gasteiger partial charge < -0.3 is 24.3 Å². The summed E-state index contributed by atoms with van der Waals surface area (Å²) in [5.74, 6) is -0.850. The fourth-order valence-corrected chi connectivity index (χ4v) is 5.33. The standard InChI is InChI=1S/C25H29F3N4O4/c26-25(27,28)18-3-4-20-17(14-18)15-19(23(33)29-5-6-30-9-12-35-13-10-30)21-16-31(7-8-32(20)21)24(34)22-2-1-11-36-22/h1-4,11,14,19,21H,5-10,12-13,15-16H2,(H,29,33)/t19-,21+/m1/s1. The Morgan fingerprint density at radius 2 is 1.89 bits per heavy atom. The second kappa shape index (κ2) is 10.1. The number of nitrogens with one attached hydrogen (secondary N) is 1. The van der Waals surface area contributed by atoms with Crippen LogP contribution in [0.5, 0.6) is 0 Å². The molecule has 0 saturated carbocycles. The van der Waals surface area contributed by atoms with E-state index in [2.05, 4.69) is 10.2 Å². The fourth-order valence-electron chi connectivity index (χ4n) is 5.33. The van der Waals surface area contributed by atoms with Crippen molar-refractivity contribution in [2.24, 2.45) is 5.92 Å². The Labute approximate surface area is 207 Å². The number of hydrogen-bond donors (Lipinski definition) is 1. The molecule has 0 bridgehead atoms. The molecule has 4 heterocycles. The van der Waals surface area contributed by atoms with Crippen LogP contribution >= 0.6 is 0 Å². The Balaban J connectivity index is 1.36. The summed E-state index contributed by atoms with van der Waals surface area (Å²) in [4.78, 5) is 32.1. The van der Waals surface area contributed by atoms with E-state index in [1.54, 1.807) is 17.0 Å². The van der Waals surface area contributed by atoms with Crippen molar-refractivity contribution in [3.63, 3.8) is 0 Å². The van der Waals surface area contributed by atoms with Crippen LogP contribution in [0.2, 0.25) is 0 Å². The van der Waals surface area contributed by atoms with Gasteiger partial charge in [-0.25, -0.2) is 0 Å². The highest BCUT2D eigenvalue weighted by molar-refractivity contribution is 5.92. The minimum atomic E-state index is -4.46. The first kappa shape index (κ1) is 24.6. The molecule has 3 aliphatic rings. The van der Waals surface area contributed by atoms with Gasteiger partial charge in [-0.1, -0.05) is 0 Å². The van der Waals surface area contributed by atoms with Crippen LogP contribution in [0, 0.1) is 5.92 Å². The van der Waals surface area contributed by atoms with E-state index in [1.165, 1.54) is 12.3 Å². The zero-order valence-corrected chi connectivity index (χ0v) is 19.8. The van der Waals surface area contributed by atoms with Crippen molar-refractivity contribution in [1.29, 1.82) is 0 Å². The van der Waals surface area contributed by atoms with Crippen molar-refractivity contribution < 1.29 is 31.9 Å². The lowest BCUT2D eigenvalue weighted by molar-refractivity contribution is -0.137. The maximum absolute atomic E-state index is 13.4. The maximum atomic E-state index is 13.4. The van der Waals surface area contributed by atoms with Crippen molar-refractivity contribution in [2.75, 3.05) is 63.9 Å². The van der Waals surface area contributed by atoms with E-state index in [9.17, 15) is 22.8 Å². The average Bonchev–Trinajstić information content (AvgIpc) is 3.42. The molecule has 11 heteroatoms. The van der Waals surface area contributed by atoms with Gasteiger partial charge in [0.25, 0.3) is 5.91 Å². The van der Waals surface area contributed by atoms with Crippen molar-refractivity contribution in [2.45, 2.75) is 18.6 Å². The molecule has 194 valence electrons. The number of anilines is 1. The molecule has 0 unspecified atom stereocenters. The summed E-state index contributed by atoms with van der Waals surface area (Å²) in [5, 5.41) is 2.99. The number of alkyl halides is 3. The van der Waals surface area contributed by atoms with Gasteiger partial charge in [-0.3, -0.25) is 14.5 Å². The van der Waals surface area contributed by atoms with Gasteiger partial charge >= 0.3 is 6.18 Å². The summed E-state index contributed by atoms with van der Waals surface area (Å²) in [6.07, 6.45) is -2.86. The Morgan fingerprint density at radius 3 is 2.61 bits per heavy atom. The Bertz CT molecular complexity index is 1090. The van der Waals surface area contributed by atoms with E-state index in [0.29, 0.717) is 50.6 Å². The molecule has 1 aromatic carbocycles. The van der Waals surface area contributed by atoms with Crippen LogP contribution in [-0.2, 0) is 22.1 Å². The van der Waals surface area contributed by atoms with Crippen molar-refractivity contribution >= 4 is 17.5 Å². The number of ether oxygens (including phenoxy) is 1. The van der Waals surface area contributed by atoms with Crippen LogP contribution in [-0.4, -0.2) is 86.7 Å². The number of furan rings is 1. The van der Waals surface area contributed by atoms with Gasteiger partial charge in [-0.2, -0.15) is 13.2 Å². The molecule has 0 spiro atoms. The lowest BCUT2D eigenvalue weighted by atomic mass is 9.82. The van der Waals surface area contributed by atoms with Gasteiger partial charge in [0.1, 0.15) is 0 Å². The van der Waals surface area contributed by atoms with Crippen LogP contribution in [0.4, 0.5) is 18.9 Å². The molecule has 2 saturated heterocycles. The highest BCUT2D eigenvalue weighted by Crippen LogP contribution is 2.40. The smallest absolute Gasteiger partial charge is 0.416 e. The number of nitrogens with zero attached hydrogens (tertiary/aromatic N) is 3.